The van der Waals surface area contributed by atoms with Gasteiger partial charge in [-0.3, -0.25) is 4.79 Å². The second kappa shape index (κ2) is 4.47. The summed E-state index contributed by atoms with van der Waals surface area (Å²) in [5.41, 5.74) is -1.18. The van der Waals surface area contributed by atoms with Gasteiger partial charge in [0.25, 0.3) is 0 Å². The van der Waals surface area contributed by atoms with Gasteiger partial charge in [-0.05, 0) is 18.9 Å². The minimum Gasteiger partial charge on any atom is -0.360 e. The molecule has 0 saturated heterocycles. The zero-order chi connectivity index (χ0) is 14.3. The molecular formula is C14H10F3NO2. The van der Waals surface area contributed by atoms with Gasteiger partial charge in [-0.15, -0.1) is 0 Å². The maximum atomic E-state index is 12.9. The molecule has 0 bridgehead atoms. The Balaban J connectivity index is 2.05. The summed E-state index contributed by atoms with van der Waals surface area (Å²) < 4.78 is 43.8. The average Bonchev–Trinajstić information content (AvgIpc) is 3.14. The van der Waals surface area contributed by atoms with Crippen LogP contribution < -0.4 is 0 Å². The van der Waals surface area contributed by atoms with Gasteiger partial charge in [-0.25, -0.2) is 0 Å². The lowest BCUT2D eigenvalue weighted by atomic mass is 9.97. The lowest BCUT2D eigenvalue weighted by Crippen LogP contribution is -2.14. The van der Waals surface area contributed by atoms with E-state index in [1.54, 1.807) is 0 Å². The highest BCUT2D eigenvalue weighted by atomic mass is 19.4. The molecule has 3 rings (SSSR count). The Hall–Kier alpha value is -2.11. The van der Waals surface area contributed by atoms with E-state index in [1.807, 2.05) is 0 Å². The van der Waals surface area contributed by atoms with Crippen LogP contribution in [-0.4, -0.2) is 10.9 Å². The van der Waals surface area contributed by atoms with Crippen molar-refractivity contribution in [1.29, 1.82) is 0 Å². The molecule has 104 valence electrons. The second-order valence-electron chi connectivity index (χ2n) is 4.75. The Morgan fingerprint density at radius 2 is 1.90 bits per heavy atom. The molecule has 0 spiro atoms. The van der Waals surface area contributed by atoms with E-state index in [0.717, 1.165) is 18.9 Å². The van der Waals surface area contributed by atoms with Crippen molar-refractivity contribution in [3.63, 3.8) is 0 Å². The van der Waals surface area contributed by atoms with E-state index in [4.69, 9.17) is 4.52 Å². The topological polar surface area (TPSA) is 43.1 Å². The van der Waals surface area contributed by atoms with E-state index in [1.165, 1.54) is 24.4 Å². The molecule has 1 saturated carbocycles. The van der Waals surface area contributed by atoms with E-state index >= 15 is 0 Å². The number of hydrogen-bond acceptors (Lipinski definition) is 3. The molecule has 0 amide bonds. The van der Waals surface area contributed by atoms with Crippen molar-refractivity contribution in [2.45, 2.75) is 24.9 Å². The van der Waals surface area contributed by atoms with Crippen molar-refractivity contribution in [3.05, 3.63) is 52.9 Å². The van der Waals surface area contributed by atoms with Gasteiger partial charge in [-0.2, -0.15) is 13.2 Å². The Morgan fingerprint density at radius 1 is 1.20 bits per heavy atom. The normalized spacial score (nSPS) is 15.3. The predicted octanol–water partition coefficient (Wildman–Crippen LogP) is 3.80. The summed E-state index contributed by atoms with van der Waals surface area (Å²) in [5, 5.41) is 3.54. The molecular weight excluding hydrogens is 271 g/mol. The summed E-state index contributed by atoms with van der Waals surface area (Å²) in [4.78, 5) is 12.3. The minimum atomic E-state index is -4.57. The number of rotatable bonds is 3. The molecule has 0 radical (unpaired) electrons. The predicted molar refractivity (Wildman–Crippen MR) is 63.4 cm³/mol. The summed E-state index contributed by atoms with van der Waals surface area (Å²) in [6.07, 6.45) is -1.63. The van der Waals surface area contributed by atoms with Gasteiger partial charge in [0.05, 0.1) is 17.3 Å². The number of aromatic nitrogens is 1. The van der Waals surface area contributed by atoms with Crippen LogP contribution in [0.2, 0.25) is 0 Å². The highest BCUT2D eigenvalue weighted by Gasteiger charge is 2.37. The van der Waals surface area contributed by atoms with Crippen LogP contribution in [0.1, 0.15) is 46.0 Å². The summed E-state index contributed by atoms with van der Waals surface area (Å²) in [6, 6.07) is 4.74. The first-order valence-electron chi connectivity index (χ1n) is 6.14. The first-order valence-corrected chi connectivity index (χ1v) is 6.14. The monoisotopic (exact) mass is 281 g/mol. The number of benzene rings is 1. The minimum absolute atomic E-state index is 0.106. The van der Waals surface area contributed by atoms with Gasteiger partial charge in [0.15, 0.2) is 11.5 Å². The molecule has 1 aliphatic rings. The highest BCUT2D eigenvalue weighted by molar-refractivity contribution is 6.10. The van der Waals surface area contributed by atoms with E-state index in [-0.39, 0.29) is 17.0 Å². The van der Waals surface area contributed by atoms with E-state index in [9.17, 15) is 18.0 Å². The Bertz CT molecular complexity index is 656. The maximum Gasteiger partial charge on any atom is 0.417 e. The standard InChI is InChI=1S/C14H10F3NO2/c15-14(16,17)11-4-2-1-3-9(11)12(19)10-7-18-20-13(10)8-5-6-8/h1-4,7-8H,5-6H2. The number of hydrogen-bond donors (Lipinski definition) is 0. The van der Waals surface area contributed by atoms with Crippen molar-refractivity contribution >= 4 is 5.78 Å². The van der Waals surface area contributed by atoms with Gasteiger partial charge in [-0.1, -0.05) is 23.4 Å². The molecule has 0 atom stereocenters. The van der Waals surface area contributed by atoms with Gasteiger partial charge < -0.3 is 4.52 Å². The van der Waals surface area contributed by atoms with Crippen molar-refractivity contribution in [2.75, 3.05) is 0 Å². The summed E-state index contributed by atoms with van der Waals surface area (Å²) in [6.45, 7) is 0. The second-order valence-corrected chi connectivity index (χ2v) is 4.75. The van der Waals surface area contributed by atoms with Crippen LogP contribution in [0.5, 0.6) is 0 Å². The molecule has 20 heavy (non-hydrogen) atoms. The molecule has 2 aromatic rings. The fraction of sp³-hybridized carbons (Fsp3) is 0.286. The Kier molecular flexibility index (Phi) is 2.88. The molecule has 1 heterocycles. The molecule has 0 unspecified atom stereocenters. The van der Waals surface area contributed by atoms with Crippen molar-refractivity contribution in [2.24, 2.45) is 0 Å². The van der Waals surface area contributed by atoms with E-state index < -0.39 is 17.5 Å². The highest BCUT2D eigenvalue weighted by Crippen LogP contribution is 2.42. The number of halogens is 3. The molecule has 0 N–H and O–H groups in total. The zero-order valence-electron chi connectivity index (χ0n) is 10.3. The van der Waals surface area contributed by atoms with Gasteiger partial charge in [0, 0.05) is 11.5 Å². The van der Waals surface area contributed by atoms with Crippen LogP contribution in [0.25, 0.3) is 0 Å². The van der Waals surface area contributed by atoms with Crippen LogP contribution in [0.4, 0.5) is 13.2 Å². The average molecular weight is 281 g/mol. The molecule has 1 fully saturated rings. The number of carbonyl (C=O) groups excluding carboxylic acids is 1. The van der Waals surface area contributed by atoms with Gasteiger partial charge >= 0.3 is 6.18 Å². The molecule has 0 aliphatic heterocycles. The summed E-state index contributed by atoms with van der Waals surface area (Å²) in [5.74, 6) is -0.192. The van der Waals surface area contributed by atoms with Crippen LogP contribution in [0, 0.1) is 0 Å². The van der Waals surface area contributed by atoms with Crippen LogP contribution in [0.15, 0.2) is 35.0 Å². The Morgan fingerprint density at radius 3 is 2.55 bits per heavy atom. The Labute approximate surface area is 112 Å². The largest absolute Gasteiger partial charge is 0.417 e. The van der Waals surface area contributed by atoms with Crippen LogP contribution >= 0.6 is 0 Å². The van der Waals surface area contributed by atoms with Crippen molar-refractivity contribution < 1.29 is 22.5 Å². The number of ketones is 1. The molecule has 1 aliphatic carbocycles. The van der Waals surface area contributed by atoms with Crippen molar-refractivity contribution in [1.82, 2.24) is 5.16 Å². The fourth-order valence-corrected chi connectivity index (χ4v) is 2.13. The molecule has 3 nitrogen and oxygen atoms in total. The number of nitrogens with zero attached hydrogens (tertiary/aromatic N) is 1. The zero-order valence-corrected chi connectivity index (χ0v) is 10.3. The smallest absolute Gasteiger partial charge is 0.360 e. The summed E-state index contributed by atoms with van der Waals surface area (Å²) >= 11 is 0. The van der Waals surface area contributed by atoms with Crippen molar-refractivity contribution in [3.8, 4) is 0 Å². The molecule has 1 aromatic heterocycles. The first-order chi connectivity index (χ1) is 9.48. The molecule has 6 heteroatoms. The first kappa shape index (κ1) is 12.9. The van der Waals surface area contributed by atoms with E-state index in [0.29, 0.717) is 5.76 Å². The third-order valence-corrected chi connectivity index (χ3v) is 3.27. The molecule has 1 aromatic carbocycles. The lowest BCUT2D eigenvalue weighted by Gasteiger charge is -2.11. The number of carbonyl (C=O) groups is 1. The van der Waals surface area contributed by atoms with Gasteiger partial charge in [0.1, 0.15) is 0 Å². The lowest BCUT2D eigenvalue weighted by molar-refractivity contribution is -0.137. The fourth-order valence-electron chi connectivity index (χ4n) is 2.13. The number of alkyl halides is 3. The summed E-state index contributed by atoms with van der Waals surface area (Å²) in [7, 11) is 0. The third kappa shape index (κ3) is 2.21. The van der Waals surface area contributed by atoms with E-state index in [2.05, 4.69) is 5.16 Å². The maximum absolute atomic E-state index is 12.9. The quantitative estimate of drug-likeness (QED) is 0.804. The van der Waals surface area contributed by atoms with Crippen LogP contribution in [0.3, 0.4) is 0 Å². The van der Waals surface area contributed by atoms with Crippen LogP contribution in [-0.2, 0) is 6.18 Å². The third-order valence-electron chi connectivity index (χ3n) is 3.27. The SMILES string of the molecule is O=C(c1ccccc1C(F)(F)F)c1cnoc1C1CC1. The van der Waals surface area contributed by atoms with Gasteiger partial charge in [0.2, 0.25) is 0 Å².